The Morgan fingerprint density at radius 3 is 1.58 bits per heavy atom. The molecule has 0 bridgehead atoms. The van der Waals surface area contributed by atoms with Crippen molar-refractivity contribution in [3.8, 4) is 0 Å². The number of hydrogen-bond donors (Lipinski definition) is 1. The van der Waals surface area contributed by atoms with Gasteiger partial charge in [0.1, 0.15) is 0 Å². The molecule has 0 spiro atoms. The summed E-state index contributed by atoms with van der Waals surface area (Å²) < 4.78 is 8.91. The molecule has 0 unspecified atom stereocenters. The number of aryl methyl sites for hydroxylation is 2. The molecule has 13 heteroatoms. The van der Waals surface area contributed by atoms with Crippen molar-refractivity contribution in [2.75, 3.05) is 75.4 Å². The summed E-state index contributed by atoms with van der Waals surface area (Å²) in [6.45, 7) is 12.3. The second kappa shape index (κ2) is 19.2. The summed E-state index contributed by atoms with van der Waals surface area (Å²) >= 11 is 4.81. The molecule has 0 saturated carbocycles. The van der Waals surface area contributed by atoms with Crippen molar-refractivity contribution in [1.29, 1.82) is 0 Å². The fraction of sp³-hybridized carbons (Fsp3) is 0.438. The molecule has 2 aromatic rings. The molecule has 0 atom stereocenters. The van der Waals surface area contributed by atoms with Crippen LogP contribution in [-0.2, 0) is 28.7 Å². The van der Waals surface area contributed by atoms with Gasteiger partial charge >= 0.3 is 11.9 Å². The Hall–Kier alpha value is -4.29. The Kier molecular flexibility index (Phi) is 15.7. The molecule has 1 N–H and O–H groups in total. The molecular weight excluding hydrogens is 604 g/mol. The number of amides is 1. The van der Waals surface area contributed by atoms with E-state index in [9.17, 15) is 28.8 Å². The topological polar surface area (TPSA) is 143 Å². The van der Waals surface area contributed by atoms with Crippen LogP contribution in [0.3, 0.4) is 0 Å². The minimum absolute atomic E-state index is 0.185. The number of rotatable bonds is 8. The average Bonchev–Trinajstić information content (AvgIpc) is 3.03. The SMILES string of the molecule is CC(=O)OCC(=O)Cl.CC(=O)OCC(=O)N1CCN(c2cc(C)ccc2C=O)CC1.Cc1ccc(C=O)c(N2CCNCC2)c1. The van der Waals surface area contributed by atoms with Gasteiger partial charge < -0.3 is 29.5 Å². The minimum Gasteiger partial charge on any atom is -0.456 e. The van der Waals surface area contributed by atoms with Gasteiger partial charge in [-0.15, -0.1) is 0 Å². The van der Waals surface area contributed by atoms with Gasteiger partial charge in [0.15, 0.2) is 25.8 Å². The van der Waals surface area contributed by atoms with Gasteiger partial charge in [-0.05, 0) is 60.8 Å². The van der Waals surface area contributed by atoms with Crippen LogP contribution < -0.4 is 15.1 Å². The number of nitrogens with one attached hydrogen (secondary N) is 1. The molecule has 244 valence electrons. The molecule has 0 aliphatic carbocycles. The molecule has 12 nitrogen and oxygen atoms in total. The van der Waals surface area contributed by atoms with Gasteiger partial charge in [-0.3, -0.25) is 28.8 Å². The van der Waals surface area contributed by atoms with Crippen LogP contribution in [0.4, 0.5) is 11.4 Å². The smallest absolute Gasteiger partial charge is 0.303 e. The van der Waals surface area contributed by atoms with Crippen LogP contribution in [0.15, 0.2) is 36.4 Å². The molecule has 4 rings (SSSR count). The number of esters is 2. The Labute approximate surface area is 268 Å². The molecular formula is C32H41ClN4O8. The van der Waals surface area contributed by atoms with E-state index in [4.69, 9.17) is 16.3 Å². The van der Waals surface area contributed by atoms with Gasteiger partial charge in [-0.2, -0.15) is 0 Å². The number of piperazine rings is 2. The number of carbonyl (C=O) groups is 6. The quantitative estimate of drug-likeness (QED) is 0.257. The van der Waals surface area contributed by atoms with Crippen molar-refractivity contribution in [2.24, 2.45) is 0 Å². The van der Waals surface area contributed by atoms with Crippen LogP contribution in [0.5, 0.6) is 0 Å². The summed E-state index contributed by atoms with van der Waals surface area (Å²) in [5.74, 6) is -1.14. The minimum atomic E-state index is -0.666. The van der Waals surface area contributed by atoms with Gasteiger partial charge in [-0.25, -0.2) is 0 Å². The Morgan fingerprint density at radius 2 is 1.18 bits per heavy atom. The maximum atomic E-state index is 11.9. The number of halogens is 1. The lowest BCUT2D eigenvalue weighted by Gasteiger charge is -2.36. The summed E-state index contributed by atoms with van der Waals surface area (Å²) in [4.78, 5) is 70.5. The van der Waals surface area contributed by atoms with E-state index in [1.165, 1.54) is 19.4 Å². The summed E-state index contributed by atoms with van der Waals surface area (Å²) in [6.07, 6.45) is 1.80. The molecule has 2 heterocycles. The van der Waals surface area contributed by atoms with Crippen LogP contribution >= 0.6 is 11.6 Å². The second-order valence-electron chi connectivity index (χ2n) is 10.4. The maximum Gasteiger partial charge on any atom is 0.303 e. The van der Waals surface area contributed by atoms with Crippen LogP contribution in [0.2, 0.25) is 0 Å². The van der Waals surface area contributed by atoms with E-state index in [1.54, 1.807) is 4.90 Å². The Bertz CT molecular complexity index is 1320. The summed E-state index contributed by atoms with van der Waals surface area (Å²) in [5.41, 5.74) is 5.73. The Balaban J connectivity index is 0.000000264. The third-order valence-electron chi connectivity index (χ3n) is 6.84. The normalized spacial score (nSPS) is 14.1. The molecule has 2 aliphatic rings. The van der Waals surface area contributed by atoms with Gasteiger partial charge in [-0.1, -0.05) is 12.1 Å². The third-order valence-corrected chi connectivity index (χ3v) is 6.95. The van der Waals surface area contributed by atoms with Gasteiger partial charge in [0.25, 0.3) is 11.1 Å². The number of anilines is 2. The number of carbonyl (C=O) groups excluding carboxylic acids is 6. The molecule has 2 saturated heterocycles. The molecule has 45 heavy (non-hydrogen) atoms. The number of benzene rings is 2. The fourth-order valence-corrected chi connectivity index (χ4v) is 4.62. The Morgan fingerprint density at radius 1 is 0.733 bits per heavy atom. The first kappa shape index (κ1) is 36.9. The zero-order valence-electron chi connectivity index (χ0n) is 26.2. The van der Waals surface area contributed by atoms with Crippen LogP contribution in [0.1, 0.15) is 45.7 Å². The van der Waals surface area contributed by atoms with Crippen LogP contribution in [0, 0.1) is 13.8 Å². The average molecular weight is 645 g/mol. The second-order valence-corrected chi connectivity index (χ2v) is 10.8. The standard InChI is InChI=1S/C16H20N2O4.C12H16N2O.C4H5ClO3/c1-12-3-4-14(10-19)15(9-12)17-5-7-18(8-6-17)16(21)11-22-13(2)20;1-10-2-3-11(9-15)12(8-10)14-6-4-13-5-7-14;1-3(6)8-2-4(5)7/h3-4,9-10H,5-8,11H2,1-2H3;2-3,8-9,13H,4-7H2,1H3;2H2,1H3. The first-order chi connectivity index (χ1) is 21.4. The highest BCUT2D eigenvalue weighted by atomic mass is 35.5. The lowest BCUT2D eigenvalue weighted by molar-refractivity contribution is -0.150. The van der Waals surface area contributed by atoms with E-state index >= 15 is 0 Å². The van der Waals surface area contributed by atoms with E-state index in [0.717, 1.165) is 61.3 Å². The molecule has 2 aliphatic heterocycles. The lowest BCUT2D eigenvalue weighted by Crippen LogP contribution is -2.50. The van der Waals surface area contributed by atoms with Crippen molar-refractivity contribution in [2.45, 2.75) is 27.7 Å². The third kappa shape index (κ3) is 13.1. The van der Waals surface area contributed by atoms with Crippen molar-refractivity contribution < 1.29 is 38.2 Å². The molecule has 0 aromatic heterocycles. The van der Waals surface area contributed by atoms with E-state index in [1.807, 2.05) is 37.3 Å². The summed E-state index contributed by atoms with van der Waals surface area (Å²) in [5, 5.41) is 2.64. The van der Waals surface area contributed by atoms with E-state index in [0.29, 0.717) is 31.7 Å². The number of nitrogens with zero attached hydrogens (tertiary/aromatic N) is 3. The van der Waals surface area contributed by atoms with Crippen LogP contribution in [0.25, 0.3) is 0 Å². The lowest BCUT2D eigenvalue weighted by atomic mass is 10.1. The monoisotopic (exact) mass is 644 g/mol. The van der Waals surface area contributed by atoms with E-state index in [-0.39, 0.29) is 19.1 Å². The highest BCUT2D eigenvalue weighted by molar-refractivity contribution is 6.64. The largest absolute Gasteiger partial charge is 0.456 e. The van der Waals surface area contributed by atoms with Gasteiger partial charge in [0, 0.05) is 88.7 Å². The van der Waals surface area contributed by atoms with Gasteiger partial charge in [0.05, 0.1) is 0 Å². The zero-order valence-corrected chi connectivity index (χ0v) is 26.9. The highest BCUT2D eigenvalue weighted by Gasteiger charge is 2.23. The maximum absolute atomic E-state index is 11.9. The molecule has 0 radical (unpaired) electrons. The van der Waals surface area contributed by atoms with Crippen molar-refractivity contribution >= 4 is 58.6 Å². The number of aldehydes is 2. The fourth-order valence-electron chi connectivity index (χ4n) is 4.57. The van der Waals surface area contributed by atoms with Crippen molar-refractivity contribution in [3.05, 3.63) is 58.7 Å². The molecule has 2 aromatic carbocycles. The number of ether oxygens (including phenoxy) is 2. The van der Waals surface area contributed by atoms with E-state index in [2.05, 4.69) is 32.8 Å². The highest BCUT2D eigenvalue weighted by Crippen LogP contribution is 2.23. The predicted octanol–water partition coefficient (Wildman–Crippen LogP) is 2.55. The predicted molar refractivity (Wildman–Crippen MR) is 171 cm³/mol. The number of hydrogen-bond acceptors (Lipinski definition) is 11. The van der Waals surface area contributed by atoms with Crippen molar-refractivity contribution in [1.82, 2.24) is 10.2 Å². The van der Waals surface area contributed by atoms with Gasteiger partial charge in [0.2, 0.25) is 0 Å². The first-order valence-electron chi connectivity index (χ1n) is 14.5. The summed E-state index contributed by atoms with van der Waals surface area (Å²) in [7, 11) is 0. The molecule has 2 fully saturated rings. The first-order valence-corrected chi connectivity index (χ1v) is 14.9. The van der Waals surface area contributed by atoms with Crippen LogP contribution in [-0.4, -0.2) is 106 Å². The summed E-state index contributed by atoms with van der Waals surface area (Å²) in [6, 6.07) is 11.7. The van der Waals surface area contributed by atoms with Crippen molar-refractivity contribution in [3.63, 3.8) is 0 Å². The van der Waals surface area contributed by atoms with E-state index < -0.39 is 17.2 Å². The zero-order chi connectivity index (χ0) is 33.4. The molecule has 1 amide bonds.